The predicted octanol–water partition coefficient (Wildman–Crippen LogP) is 2.02. The summed E-state index contributed by atoms with van der Waals surface area (Å²) < 4.78 is 1.74. The molecule has 0 radical (unpaired) electrons. The summed E-state index contributed by atoms with van der Waals surface area (Å²) in [5, 5.41) is 7.61. The first kappa shape index (κ1) is 10.3. The van der Waals surface area contributed by atoms with Crippen molar-refractivity contribution in [1.29, 1.82) is 0 Å². The van der Waals surface area contributed by atoms with Crippen LogP contribution >= 0.6 is 0 Å². The monoisotopic (exact) mass is 229 g/mol. The number of rotatable bonds is 3. The second-order valence-corrected chi connectivity index (χ2v) is 4.34. The summed E-state index contributed by atoms with van der Waals surface area (Å²) in [5.74, 6) is 1.68. The van der Waals surface area contributed by atoms with Crippen LogP contribution < -0.4 is 5.32 Å². The maximum absolute atomic E-state index is 4.25. The van der Waals surface area contributed by atoms with Crippen molar-refractivity contribution in [1.82, 2.24) is 19.7 Å². The van der Waals surface area contributed by atoms with Gasteiger partial charge in [0.2, 0.25) is 0 Å². The summed E-state index contributed by atoms with van der Waals surface area (Å²) in [6.45, 7) is 0. The van der Waals surface area contributed by atoms with E-state index in [0.717, 1.165) is 11.6 Å². The van der Waals surface area contributed by atoms with Crippen LogP contribution in [-0.4, -0.2) is 25.8 Å². The average molecular weight is 229 g/mol. The van der Waals surface area contributed by atoms with Gasteiger partial charge in [0.1, 0.15) is 12.1 Å². The lowest BCUT2D eigenvalue weighted by Gasteiger charge is -2.12. The zero-order valence-electron chi connectivity index (χ0n) is 9.58. The van der Waals surface area contributed by atoms with Crippen LogP contribution in [0.15, 0.2) is 30.9 Å². The van der Waals surface area contributed by atoms with Crippen molar-refractivity contribution in [2.45, 2.75) is 31.7 Å². The summed E-state index contributed by atoms with van der Waals surface area (Å²) in [6.07, 6.45) is 10.3. The molecular formula is C12H15N5. The third kappa shape index (κ3) is 2.27. The molecule has 5 nitrogen and oxygen atoms in total. The molecule has 0 bridgehead atoms. The van der Waals surface area contributed by atoms with Gasteiger partial charge in [-0.15, -0.1) is 0 Å². The Morgan fingerprint density at radius 3 is 2.88 bits per heavy atom. The molecule has 2 heterocycles. The Kier molecular flexibility index (Phi) is 2.73. The topological polar surface area (TPSA) is 55.6 Å². The van der Waals surface area contributed by atoms with Crippen LogP contribution in [0.1, 0.15) is 25.7 Å². The fourth-order valence-corrected chi connectivity index (χ4v) is 2.23. The summed E-state index contributed by atoms with van der Waals surface area (Å²) in [6, 6.07) is 4.38. The minimum atomic E-state index is 0.565. The van der Waals surface area contributed by atoms with E-state index in [1.807, 2.05) is 18.3 Å². The van der Waals surface area contributed by atoms with Crippen LogP contribution in [0, 0.1) is 0 Å². The quantitative estimate of drug-likeness (QED) is 0.874. The average Bonchev–Trinajstić information content (AvgIpc) is 3.01. The highest BCUT2D eigenvalue weighted by atomic mass is 15.3. The molecule has 0 unspecified atom stereocenters. The van der Waals surface area contributed by atoms with Crippen molar-refractivity contribution in [3.05, 3.63) is 30.9 Å². The van der Waals surface area contributed by atoms with Crippen molar-refractivity contribution < 1.29 is 0 Å². The fraction of sp³-hybridized carbons (Fsp3) is 0.417. The van der Waals surface area contributed by atoms with Gasteiger partial charge in [0, 0.05) is 24.5 Å². The van der Waals surface area contributed by atoms with E-state index < -0.39 is 0 Å². The first-order chi connectivity index (χ1) is 8.42. The molecule has 1 aliphatic carbocycles. The Bertz CT molecular complexity index is 473. The Hall–Kier alpha value is -1.91. The van der Waals surface area contributed by atoms with Gasteiger partial charge in [-0.25, -0.2) is 14.6 Å². The molecule has 3 rings (SSSR count). The lowest BCUT2D eigenvalue weighted by atomic mass is 10.2. The lowest BCUT2D eigenvalue weighted by Crippen LogP contribution is -2.16. The Morgan fingerprint density at radius 1 is 1.24 bits per heavy atom. The second kappa shape index (κ2) is 4.53. The summed E-state index contributed by atoms with van der Waals surface area (Å²) >= 11 is 0. The van der Waals surface area contributed by atoms with E-state index in [2.05, 4.69) is 20.4 Å². The van der Waals surface area contributed by atoms with Gasteiger partial charge >= 0.3 is 0 Å². The third-order valence-corrected chi connectivity index (χ3v) is 3.10. The van der Waals surface area contributed by atoms with Crippen LogP contribution in [0.5, 0.6) is 0 Å². The summed E-state index contributed by atoms with van der Waals surface area (Å²) in [7, 11) is 0. The smallest absolute Gasteiger partial charge is 0.158 e. The molecule has 0 amide bonds. The van der Waals surface area contributed by atoms with Gasteiger partial charge in [-0.3, -0.25) is 0 Å². The van der Waals surface area contributed by atoms with E-state index >= 15 is 0 Å². The molecule has 5 heteroatoms. The number of hydrogen-bond donors (Lipinski definition) is 1. The van der Waals surface area contributed by atoms with Crippen molar-refractivity contribution in [3.8, 4) is 5.82 Å². The molecule has 1 saturated carbocycles. The highest BCUT2D eigenvalue weighted by Crippen LogP contribution is 2.21. The molecule has 0 atom stereocenters. The molecule has 0 saturated heterocycles. The van der Waals surface area contributed by atoms with Crippen molar-refractivity contribution in [2.75, 3.05) is 5.32 Å². The van der Waals surface area contributed by atoms with Gasteiger partial charge in [0.05, 0.1) is 0 Å². The lowest BCUT2D eigenvalue weighted by molar-refractivity contribution is 0.747. The number of hydrogen-bond acceptors (Lipinski definition) is 4. The molecule has 88 valence electrons. The maximum Gasteiger partial charge on any atom is 0.158 e. The van der Waals surface area contributed by atoms with Crippen LogP contribution in [0.3, 0.4) is 0 Å². The van der Waals surface area contributed by atoms with Crippen molar-refractivity contribution in [2.24, 2.45) is 0 Å². The van der Waals surface area contributed by atoms with Crippen molar-refractivity contribution >= 4 is 5.82 Å². The van der Waals surface area contributed by atoms with E-state index in [0.29, 0.717) is 6.04 Å². The van der Waals surface area contributed by atoms with Gasteiger partial charge in [0.15, 0.2) is 5.82 Å². The van der Waals surface area contributed by atoms with Gasteiger partial charge in [-0.1, -0.05) is 12.8 Å². The van der Waals surface area contributed by atoms with Crippen LogP contribution in [0.2, 0.25) is 0 Å². The van der Waals surface area contributed by atoms with E-state index in [1.165, 1.54) is 25.7 Å². The maximum atomic E-state index is 4.25. The number of anilines is 1. The molecule has 1 aliphatic rings. The molecule has 0 spiro atoms. The minimum absolute atomic E-state index is 0.565. The minimum Gasteiger partial charge on any atom is -0.367 e. The molecular weight excluding hydrogens is 214 g/mol. The van der Waals surface area contributed by atoms with E-state index in [1.54, 1.807) is 17.2 Å². The molecule has 17 heavy (non-hydrogen) atoms. The van der Waals surface area contributed by atoms with E-state index in [9.17, 15) is 0 Å². The van der Waals surface area contributed by atoms with Gasteiger partial charge < -0.3 is 5.32 Å². The first-order valence-electron chi connectivity index (χ1n) is 6.00. The zero-order chi connectivity index (χ0) is 11.5. The normalized spacial score (nSPS) is 16.2. The summed E-state index contributed by atoms with van der Waals surface area (Å²) in [4.78, 5) is 8.46. The largest absolute Gasteiger partial charge is 0.367 e. The standard InChI is InChI=1S/C12H15N5/c1-2-5-10(4-1)16-11-8-12(14-9-13-11)17-7-3-6-15-17/h3,6-10H,1-2,4-5H2,(H,13,14,16). The highest BCUT2D eigenvalue weighted by Gasteiger charge is 2.15. The molecule has 0 aromatic carbocycles. The Morgan fingerprint density at radius 2 is 2.12 bits per heavy atom. The van der Waals surface area contributed by atoms with Gasteiger partial charge in [-0.05, 0) is 18.9 Å². The summed E-state index contributed by atoms with van der Waals surface area (Å²) in [5.41, 5.74) is 0. The third-order valence-electron chi connectivity index (χ3n) is 3.10. The number of aromatic nitrogens is 4. The number of nitrogens with zero attached hydrogens (tertiary/aromatic N) is 4. The van der Waals surface area contributed by atoms with Crippen LogP contribution in [0.4, 0.5) is 5.82 Å². The zero-order valence-corrected chi connectivity index (χ0v) is 9.58. The van der Waals surface area contributed by atoms with Gasteiger partial charge in [0.25, 0.3) is 0 Å². The van der Waals surface area contributed by atoms with Crippen LogP contribution in [0.25, 0.3) is 5.82 Å². The molecule has 0 aliphatic heterocycles. The van der Waals surface area contributed by atoms with Gasteiger partial charge in [-0.2, -0.15) is 5.10 Å². The van der Waals surface area contributed by atoms with E-state index in [-0.39, 0.29) is 0 Å². The Labute approximate surface area is 99.9 Å². The van der Waals surface area contributed by atoms with E-state index in [4.69, 9.17) is 0 Å². The Balaban J connectivity index is 1.79. The fourth-order valence-electron chi connectivity index (χ4n) is 2.23. The SMILES string of the molecule is c1cnn(-c2cc(NC3CCCC3)ncn2)c1. The molecule has 2 aromatic heterocycles. The highest BCUT2D eigenvalue weighted by molar-refractivity contribution is 5.41. The van der Waals surface area contributed by atoms with Crippen LogP contribution in [-0.2, 0) is 0 Å². The number of nitrogens with one attached hydrogen (secondary N) is 1. The molecule has 1 N–H and O–H groups in total. The molecule has 1 fully saturated rings. The predicted molar refractivity (Wildman–Crippen MR) is 65.0 cm³/mol. The molecule has 2 aromatic rings. The second-order valence-electron chi connectivity index (χ2n) is 4.34. The van der Waals surface area contributed by atoms with Crippen molar-refractivity contribution in [3.63, 3.8) is 0 Å². The first-order valence-corrected chi connectivity index (χ1v) is 6.00.